The minimum Gasteiger partial charge on any atom is -0.387 e. The van der Waals surface area contributed by atoms with E-state index in [9.17, 15) is 19.2 Å². The zero-order chi connectivity index (χ0) is 23.3. The zero-order valence-corrected chi connectivity index (χ0v) is 18.5. The second kappa shape index (κ2) is 10.4. The first kappa shape index (κ1) is 23.5. The molecule has 2 aromatic rings. The molecule has 1 fully saturated rings. The van der Waals surface area contributed by atoms with E-state index >= 15 is 0 Å². The van der Waals surface area contributed by atoms with Crippen molar-refractivity contribution in [1.82, 2.24) is 20.1 Å². The summed E-state index contributed by atoms with van der Waals surface area (Å²) in [4.78, 5) is 52.4. The van der Waals surface area contributed by atoms with Crippen LogP contribution in [-0.4, -0.2) is 69.5 Å². The molecular formula is C21H27N5O5S. The number of nitrogens with zero attached hydrogens (tertiary/aromatic N) is 2. The molecule has 4 amide bonds. The molecule has 0 aliphatic carbocycles. The Morgan fingerprint density at radius 2 is 2.06 bits per heavy atom. The van der Waals surface area contributed by atoms with Crippen molar-refractivity contribution in [3.63, 3.8) is 0 Å². The monoisotopic (exact) mass is 461 g/mol. The van der Waals surface area contributed by atoms with Gasteiger partial charge in [0, 0.05) is 37.1 Å². The van der Waals surface area contributed by atoms with Gasteiger partial charge in [0.05, 0.1) is 0 Å². The Hall–Kier alpha value is -3.18. The molecule has 2 aromatic heterocycles. The number of nitrogens with one attached hydrogen (secondary N) is 2. The van der Waals surface area contributed by atoms with Gasteiger partial charge in [-0.05, 0) is 36.4 Å². The molecule has 5 N–H and O–H groups in total. The molecule has 0 saturated carbocycles. The molecule has 11 heteroatoms. The Labute approximate surface area is 189 Å². The number of primary amides is 1. The number of aryl methyl sites for hydroxylation is 1. The number of amides is 4. The number of aliphatic hydroxyl groups excluding tert-OH is 1. The quantitative estimate of drug-likeness (QED) is 0.414. The van der Waals surface area contributed by atoms with Gasteiger partial charge in [0.15, 0.2) is 0 Å². The van der Waals surface area contributed by atoms with Crippen LogP contribution < -0.4 is 16.4 Å². The maximum atomic E-state index is 13.2. The minimum absolute atomic E-state index is 0.151. The van der Waals surface area contributed by atoms with Gasteiger partial charge >= 0.3 is 0 Å². The van der Waals surface area contributed by atoms with E-state index in [2.05, 4.69) is 10.6 Å². The summed E-state index contributed by atoms with van der Waals surface area (Å²) < 4.78 is 1.67. The van der Waals surface area contributed by atoms with Gasteiger partial charge < -0.3 is 30.9 Å². The van der Waals surface area contributed by atoms with Crippen LogP contribution in [-0.2, 0) is 27.9 Å². The SMILES string of the molecule is Cn1cccc1C(=O)N1CCC(NC(=O)CO)CC1C(=O)NC(Cc1cccs1)C(N)=O. The van der Waals surface area contributed by atoms with Crippen LogP contribution in [0.25, 0.3) is 0 Å². The molecule has 3 unspecified atom stereocenters. The number of carbonyl (C=O) groups excluding carboxylic acids is 4. The van der Waals surface area contributed by atoms with Crippen LogP contribution in [0.1, 0.15) is 28.2 Å². The molecule has 3 atom stereocenters. The summed E-state index contributed by atoms with van der Waals surface area (Å²) in [6, 6.07) is 4.85. The van der Waals surface area contributed by atoms with E-state index in [4.69, 9.17) is 10.8 Å². The number of aromatic nitrogens is 1. The molecule has 1 aliphatic heterocycles. The Morgan fingerprint density at radius 3 is 2.66 bits per heavy atom. The topological polar surface area (TPSA) is 147 Å². The van der Waals surface area contributed by atoms with E-state index in [1.807, 2.05) is 17.5 Å². The van der Waals surface area contributed by atoms with Crippen LogP contribution in [0.4, 0.5) is 0 Å². The minimum atomic E-state index is -0.930. The normalized spacial score (nSPS) is 19.2. The summed E-state index contributed by atoms with van der Waals surface area (Å²) in [7, 11) is 1.74. The molecule has 172 valence electrons. The molecule has 0 aromatic carbocycles. The van der Waals surface area contributed by atoms with Crippen molar-refractivity contribution < 1.29 is 24.3 Å². The molecule has 3 heterocycles. The Kier molecular flexibility index (Phi) is 7.65. The highest BCUT2D eigenvalue weighted by molar-refractivity contribution is 7.09. The highest BCUT2D eigenvalue weighted by atomic mass is 32.1. The fourth-order valence-corrected chi connectivity index (χ4v) is 4.56. The van der Waals surface area contributed by atoms with Crippen LogP contribution in [0.3, 0.4) is 0 Å². The fourth-order valence-electron chi connectivity index (χ4n) is 3.81. The number of thiophene rings is 1. The second-order valence-corrected chi connectivity index (χ2v) is 8.74. The van der Waals surface area contributed by atoms with Gasteiger partial charge in [-0.15, -0.1) is 11.3 Å². The molecule has 0 spiro atoms. The lowest BCUT2D eigenvalue weighted by molar-refractivity contribution is -0.132. The van der Waals surface area contributed by atoms with Crippen molar-refractivity contribution in [2.24, 2.45) is 12.8 Å². The maximum absolute atomic E-state index is 13.2. The lowest BCUT2D eigenvalue weighted by Crippen LogP contribution is -2.60. The van der Waals surface area contributed by atoms with Gasteiger partial charge in [-0.25, -0.2) is 0 Å². The molecule has 1 saturated heterocycles. The van der Waals surface area contributed by atoms with E-state index in [0.29, 0.717) is 12.1 Å². The molecule has 0 bridgehead atoms. The number of carbonyl (C=O) groups is 4. The van der Waals surface area contributed by atoms with Crippen LogP contribution in [0, 0.1) is 0 Å². The smallest absolute Gasteiger partial charge is 0.271 e. The zero-order valence-electron chi connectivity index (χ0n) is 17.7. The third kappa shape index (κ3) is 5.54. The van der Waals surface area contributed by atoms with E-state index < -0.39 is 42.5 Å². The lowest BCUT2D eigenvalue weighted by Gasteiger charge is -2.39. The molecule has 0 radical (unpaired) electrons. The average molecular weight is 462 g/mol. The van der Waals surface area contributed by atoms with Crippen LogP contribution in [0.15, 0.2) is 35.8 Å². The predicted octanol–water partition coefficient (Wildman–Crippen LogP) is -0.619. The largest absolute Gasteiger partial charge is 0.387 e. The van der Waals surface area contributed by atoms with Crippen molar-refractivity contribution in [3.8, 4) is 0 Å². The van der Waals surface area contributed by atoms with Gasteiger partial charge in [-0.3, -0.25) is 19.2 Å². The second-order valence-electron chi connectivity index (χ2n) is 7.71. The predicted molar refractivity (Wildman–Crippen MR) is 118 cm³/mol. The van der Waals surface area contributed by atoms with Crippen molar-refractivity contribution in [2.45, 2.75) is 37.4 Å². The van der Waals surface area contributed by atoms with Crippen molar-refractivity contribution in [1.29, 1.82) is 0 Å². The summed E-state index contributed by atoms with van der Waals surface area (Å²) in [6.07, 6.45) is 2.57. The first-order valence-electron chi connectivity index (χ1n) is 10.2. The number of nitrogens with two attached hydrogens (primary N) is 1. The first-order valence-corrected chi connectivity index (χ1v) is 11.1. The standard InChI is InChI=1S/C21H27N5O5S/c1-25-7-2-5-16(25)21(31)26-8-6-13(23-18(28)12-27)10-17(26)20(30)24-15(19(22)29)11-14-4-3-9-32-14/h2-5,7,9,13,15,17,27H,6,8,10-12H2,1H3,(H2,22,29)(H,23,28)(H,24,30). The summed E-state index contributed by atoms with van der Waals surface area (Å²) in [5.41, 5.74) is 5.94. The highest BCUT2D eigenvalue weighted by Gasteiger charge is 2.38. The molecule has 32 heavy (non-hydrogen) atoms. The van der Waals surface area contributed by atoms with Gasteiger partial charge in [-0.2, -0.15) is 0 Å². The highest BCUT2D eigenvalue weighted by Crippen LogP contribution is 2.21. The van der Waals surface area contributed by atoms with Crippen molar-refractivity contribution >= 4 is 35.0 Å². The lowest BCUT2D eigenvalue weighted by atomic mass is 9.95. The maximum Gasteiger partial charge on any atom is 0.271 e. The van der Waals surface area contributed by atoms with Crippen LogP contribution in [0.5, 0.6) is 0 Å². The number of aliphatic hydroxyl groups is 1. The molecule has 10 nitrogen and oxygen atoms in total. The van der Waals surface area contributed by atoms with Crippen molar-refractivity contribution in [2.75, 3.05) is 13.2 Å². The van der Waals surface area contributed by atoms with E-state index in [0.717, 1.165) is 4.88 Å². The molecule has 3 rings (SSSR count). The van der Waals surface area contributed by atoms with Gasteiger partial charge in [0.2, 0.25) is 17.7 Å². The van der Waals surface area contributed by atoms with Gasteiger partial charge in [0.25, 0.3) is 5.91 Å². The summed E-state index contributed by atoms with van der Waals surface area (Å²) in [6.45, 7) is -0.436. The van der Waals surface area contributed by atoms with Crippen molar-refractivity contribution in [3.05, 3.63) is 46.4 Å². The number of piperidine rings is 1. The Bertz CT molecular complexity index is 973. The van der Waals surface area contributed by atoms with Crippen LogP contribution >= 0.6 is 11.3 Å². The van der Waals surface area contributed by atoms with Gasteiger partial charge in [0.1, 0.15) is 24.4 Å². The van der Waals surface area contributed by atoms with E-state index in [-0.39, 0.29) is 25.3 Å². The third-order valence-electron chi connectivity index (χ3n) is 5.48. The fraction of sp³-hybridized carbons (Fsp3) is 0.429. The summed E-state index contributed by atoms with van der Waals surface area (Å²) >= 11 is 1.45. The Morgan fingerprint density at radius 1 is 1.28 bits per heavy atom. The van der Waals surface area contributed by atoms with E-state index in [1.165, 1.54) is 16.2 Å². The Balaban J connectivity index is 1.80. The summed E-state index contributed by atoms with van der Waals surface area (Å²) in [5.74, 6) is -2.06. The number of hydrogen-bond acceptors (Lipinski definition) is 6. The number of hydrogen-bond donors (Lipinski definition) is 4. The average Bonchev–Trinajstić information content (AvgIpc) is 3.44. The number of likely N-dealkylation sites (tertiary alicyclic amines) is 1. The third-order valence-corrected chi connectivity index (χ3v) is 6.38. The molecular weight excluding hydrogens is 434 g/mol. The number of rotatable bonds is 8. The van der Waals surface area contributed by atoms with Crippen LogP contribution in [0.2, 0.25) is 0 Å². The van der Waals surface area contributed by atoms with E-state index in [1.54, 1.807) is 29.9 Å². The molecule has 1 aliphatic rings. The summed E-state index contributed by atoms with van der Waals surface area (Å²) in [5, 5.41) is 16.3. The van der Waals surface area contributed by atoms with Gasteiger partial charge in [-0.1, -0.05) is 6.07 Å². The first-order chi connectivity index (χ1) is 15.3.